The maximum absolute atomic E-state index is 12.0. The normalized spacial score (nSPS) is 16.3. The number of fused-ring (bicyclic) bond motifs is 1. The van der Waals surface area contributed by atoms with Crippen LogP contribution in [-0.2, 0) is 4.79 Å². The minimum atomic E-state index is -0.0661. The van der Waals surface area contributed by atoms with Gasteiger partial charge < -0.3 is 0 Å². The topological polar surface area (TPSA) is 84.3 Å². The number of nitrogens with one attached hydrogen (secondary N) is 1. The van der Waals surface area contributed by atoms with Gasteiger partial charge in [-0.15, -0.1) is 0 Å². The standard InChI is InChI=1S/C22H23N4O2S.Tm/c1-4-21(27)25-6-5-14(12-25)17-10-16(18(11-23)26(17)24)20-9-15-7-13(2)8-19(28-3)22(15)29-20;/h4,7-10,14,24H,1,5-6,12,23H2,2-3H3;/q-1;/t14-;/m0./s1. The van der Waals surface area contributed by atoms with Gasteiger partial charge in [-0.3, -0.25) is 0 Å². The van der Waals surface area contributed by atoms with E-state index in [0.29, 0.717) is 20.6 Å². The number of nitrogens with two attached hydrogens (primary N) is 1. The van der Waals surface area contributed by atoms with E-state index in [1.54, 1.807) is 23.3 Å². The number of hydrogen-bond acceptors (Lipinski definition) is 4. The fraction of sp³-hybridized carbons (Fsp3) is 0.273. The summed E-state index contributed by atoms with van der Waals surface area (Å²) in [6.07, 6.45) is 2.16. The Labute approximate surface area is 202 Å². The van der Waals surface area contributed by atoms with Gasteiger partial charge in [0.1, 0.15) is 0 Å². The molecule has 8 heteroatoms. The molecular weight excluding hydrogens is 553 g/mol. The average Bonchev–Trinajstić information content (AvgIpc) is 3.42. The number of ether oxygens (including phenoxy) is 1. The zero-order valence-corrected chi connectivity index (χ0v) is 19.4. The Morgan fingerprint density at radius 3 is 2.83 bits per heavy atom. The van der Waals surface area contributed by atoms with Crippen LogP contribution < -0.4 is 10.5 Å². The first kappa shape index (κ1) is 21.6. The summed E-state index contributed by atoms with van der Waals surface area (Å²) < 4.78 is 8.56. The molecule has 0 bridgehead atoms. The van der Waals surface area contributed by atoms with Crippen LogP contribution >= 0.6 is 11.3 Å². The van der Waals surface area contributed by atoms with Crippen LogP contribution in [0.3, 0.4) is 0 Å². The molecule has 0 unspecified atom stereocenters. The molecule has 0 radical (unpaired) electrons. The van der Waals surface area contributed by atoms with Crippen molar-refractivity contribution in [2.24, 2.45) is 5.73 Å². The molecular formula is C22H23N4O2STm-. The number of thiophene rings is 1. The van der Waals surface area contributed by atoms with Gasteiger partial charge >= 0.3 is 204 Å². The summed E-state index contributed by atoms with van der Waals surface area (Å²) in [5.74, 6) is 9.61. The van der Waals surface area contributed by atoms with Gasteiger partial charge in [-0.1, -0.05) is 0 Å². The third-order valence-corrected chi connectivity index (χ3v) is 7.16. The van der Waals surface area contributed by atoms with Crippen molar-refractivity contribution in [3.8, 4) is 16.2 Å². The molecule has 0 aliphatic carbocycles. The summed E-state index contributed by atoms with van der Waals surface area (Å²) >= 11 is 4.39. The molecule has 1 saturated heterocycles. The van der Waals surface area contributed by atoms with Gasteiger partial charge in [0.15, 0.2) is 0 Å². The van der Waals surface area contributed by atoms with Crippen LogP contribution in [0.25, 0.3) is 26.4 Å². The van der Waals surface area contributed by atoms with E-state index < -0.39 is 0 Å². The molecule has 163 valence electrons. The number of carbonyl (C=O) groups is 1. The molecule has 1 aromatic carbocycles. The summed E-state index contributed by atoms with van der Waals surface area (Å²) in [7, 11) is 1.68. The van der Waals surface area contributed by atoms with Gasteiger partial charge in [0.2, 0.25) is 0 Å². The molecule has 1 amide bonds. The van der Waals surface area contributed by atoms with Crippen LogP contribution in [0.1, 0.15) is 29.3 Å². The zero-order chi connectivity index (χ0) is 21.6. The third kappa shape index (κ3) is 3.73. The number of aromatic nitrogens is 1. The predicted molar refractivity (Wildman–Crippen MR) is 119 cm³/mol. The van der Waals surface area contributed by atoms with E-state index in [0.717, 1.165) is 44.0 Å². The first-order valence-electron chi connectivity index (χ1n) is 9.54. The van der Waals surface area contributed by atoms with Gasteiger partial charge in [0, 0.05) is 0 Å². The number of amides is 1. The van der Waals surface area contributed by atoms with Crippen molar-refractivity contribution in [1.82, 2.24) is 9.58 Å². The van der Waals surface area contributed by atoms with Gasteiger partial charge in [0.25, 0.3) is 0 Å². The summed E-state index contributed by atoms with van der Waals surface area (Å²) in [6.45, 7) is 6.88. The monoisotopic (exact) mass is 576 g/mol. The van der Waals surface area contributed by atoms with Crippen molar-refractivity contribution in [3.63, 3.8) is 0 Å². The molecule has 3 heterocycles. The van der Waals surface area contributed by atoms with Crippen LogP contribution in [0.4, 0.5) is 0 Å². The van der Waals surface area contributed by atoms with Crippen LogP contribution in [0.5, 0.6) is 5.75 Å². The van der Waals surface area contributed by atoms with E-state index in [1.807, 2.05) is 19.1 Å². The number of nitrogens with zero attached hydrogens (tertiary/aromatic N) is 2. The Kier molecular flexibility index (Phi) is 6.08. The Balaban J connectivity index is 1.80. The molecule has 1 fully saturated rings. The van der Waals surface area contributed by atoms with Crippen LogP contribution in [-0.4, -0.2) is 37.5 Å². The van der Waals surface area contributed by atoms with Gasteiger partial charge in [-0.25, -0.2) is 0 Å². The quantitative estimate of drug-likeness (QED) is 0.467. The van der Waals surface area contributed by atoms with Gasteiger partial charge in [0.05, 0.1) is 0 Å². The minimum absolute atomic E-state index is 0.0661. The Morgan fingerprint density at radius 2 is 2.17 bits per heavy atom. The predicted octanol–water partition coefficient (Wildman–Crippen LogP) is 3.99. The number of methoxy groups -OCH3 is 1. The second kappa shape index (κ2) is 8.46. The zero-order valence-electron chi connectivity index (χ0n) is 16.8. The van der Waals surface area contributed by atoms with Crippen molar-refractivity contribution in [3.05, 3.63) is 59.7 Å². The fourth-order valence-corrected chi connectivity index (χ4v) is 5.70. The second-order valence-corrected chi connectivity index (χ2v) is 9.44. The van der Waals surface area contributed by atoms with Crippen molar-refractivity contribution in [2.75, 3.05) is 20.2 Å². The van der Waals surface area contributed by atoms with Crippen LogP contribution in [0.15, 0.2) is 36.9 Å². The molecule has 3 N–H and O–H groups in total. The molecule has 3 aromatic rings. The molecule has 1 aliphatic heterocycles. The van der Waals surface area contributed by atoms with Crippen molar-refractivity contribution < 1.29 is 44.0 Å². The SMILES string of the molecule is C=CC(=O)N1CC[C@H](c2cc(-c3cc4cc(C)cc(OC)c4s3)c([C](N)=[Tm])n2[NH-])C1. The molecule has 30 heavy (non-hydrogen) atoms. The van der Waals surface area contributed by atoms with Crippen molar-refractivity contribution in [2.45, 2.75) is 19.3 Å². The molecule has 0 spiro atoms. The van der Waals surface area contributed by atoms with E-state index >= 15 is 0 Å². The molecule has 2 aromatic heterocycles. The maximum atomic E-state index is 12.0. The molecule has 4 rings (SSSR count). The Hall–Kier alpha value is -1.67. The van der Waals surface area contributed by atoms with E-state index in [2.05, 4.69) is 53.1 Å². The third-order valence-electron chi connectivity index (χ3n) is 5.54. The molecule has 0 saturated carbocycles. The van der Waals surface area contributed by atoms with E-state index in [-0.39, 0.29) is 11.8 Å². The Bertz CT molecular complexity index is 1180. The first-order chi connectivity index (χ1) is 14.3. The molecule has 1 aliphatic rings. The fourth-order valence-electron chi connectivity index (χ4n) is 4.11. The summed E-state index contributed by atoms with van der Waals surface area (Å²) in [6, 6.07) is 8.34. The van der Waals surface area contributed by atoms with E-state index in [4.69, 9.17) is 16.3 Å². The van der Waals surface area contributed by atoms with Gasteiger partial charge in [-0.05, 0) is 0 Å². The average molecular weight is 576 g/mol. The number of carbonyl (C=O) groups excluding carboxylic acids is 1. The van der Waals surface area contributed by atoms with E-state index in [9.17, 15) is 4.79 Å². The summed E-state index contributed by atoms with van der Waals surface area (Å²) in [5, 5.41) is 1.11. The Morgan fingerprint density at radius 1 is 1.40 bits per heavy atom. The second-order valence-electron chi connectivity index (χ2n) is 7.43. The van der Waals surface area contributed by atoms with Crippen LogP contribution in [0.2, 0.25) is 0 Å². The van der Waals surface area contributed by atoms with Crippen molar-refractivity contribution >= 4 is 29.2 Å². The van der Waals surface area contributed by atoms with E-state index in [1.165, 1.54) is 10.8 Å². The summed E-state index contributed by atoms with van der Waals surface area (Å²) in [5.41, 5.74) is 9.75. The number of hydrogen-bond donors (Lipinski definition) is 1. The molecule has 6 nitrogen and oxygen atoms in total. The first-order valence-corrected chi connectivity index (χ1v) is 11.2. The number of likely N-dealkylation sites (tertiary alicyclic amines) is 1. The number of benzene rings is 1. The van der Waals surface area contributed by atoms with Crippen molar-refractivity contribution in [1.29, 1.82) is 0 Å². The number of aryl methyl sites for hydroxylation is 1. The van der Waals surface area contributed by atoms with Crippen LogP contribution in [0, 0.1) is 41.4 Å². The summed E-state index contributed by atoms with van der Waals surface area (Å²) in [4.78, 5) is 14.8. The van der Waals surface area contributed by atoms with Gasteiger partial charge in [-0.2, -0.15) is 0 Å². The number of rotatable bonds is 5. The molecule has 1 atom stereocenters.